The van der Waals surface area contributed by atoms with Gasteiger partial charge in [0.25, 0.3) is 5.91 Å². The van der Waals surface area contributed by atoms with Gasteiger partial charge in [0.1, 0.15) is 6.61 Å². The molecule has 38 heavy (non-hydrogen) atoms. The molecule has 1 amide bonds. The van der Waals surface area contributed by atoms with Crippen LogP contribution in [0, 0.1) is 0 Å². The minimum atomic E-state index is 0.0218. The van der Waals surface area contributed by atoms with E-state index in [1.807, 2.05) is 90.7 Å². The summed E-state index contributed by atoms with van der Waals surface area (Å²) in [4.78, 5) is 21.1. The van der Waals surface area contributed by atoms with Crippen molar-refractivity contribution in [3.63, 3.8) is 0 Å². The van der Waals surface area contributed by atoms with Crippen molar-refractivity contribution in [2.75, 3.05) is 6.61 Å². The smallest absolute Gasteiger partial charge is 0.267 e. The molecule has 0 N–H and O–H groups in total. The van der Waals surface area contributed by atoms with Gasteiger partial charge in [0, 0.05) is 16.6 Å². The summed E-state index contributed by atoms with van der Waals surface area (Å²) in [5.41, 5.74) is 2.63. The summed E-state index contributed by atoms with van der Waals surface area (Å²) >= 11 is 7.73. The third-order valence-corrected chi connectivity index (χ3v) is 8.02. The number of nitrogens with zero attached hydrogens (tertiary/aromatic N) is 2. The maximum atomic E-state index is 13.7. The quantitative estimate of drug-likeness (QED) is 0.267. The van der Waals surface area contributed by atoms with Gasteiger partial charge >= 0.3 is 0 Å². The maximum absolute atomic E-state index is 13.7. The maximum Gasteiger partial charge on any atom is 0.267 e. The van der Waals surface area contributed by atoms with Gasteiger partial charge in [0.2, 0.25) is 0 Å². The van der Waals surface area contributed by atoms with Crippen LogP contribution in [0.4, 0.5) is 5.69 Å². The first-order chi connectivity index (χ1) is 18.6. The van der Waals surface area contributed by atoms with Crippen molar-refractivity contribution >= 4 is 46.2 Å². The molecule has 1 heterocycles. The number of halogens is 1. The van der Waals surface area contributed by atoms with E-state index < -0.39 is 0 Å². The van der Waals surface area contributed by atoms with E-state index in [2.05, 4.69) is 0 Å². The molecule has 3 aromatic carbocycles. The molecule has 7 heteroatoms. The van der Waals surface area contributed by atoms with E-state index in [1.165, 1.54) is 18.2 Å². The average Bonchev–Trinajstić information content (AvgIpc) is 3.24. The Morgan fingerprint density at radius 1 is 0.974 bits per heavy atom. The van der Waals surface area contributed by atoms with Crippen molar-refractivity contribution in [3.05, 3.63) is 93.9 Å². The zero-order valence-electron chi connectivity index (χ0n) is 21.4. The van der Waals surface area contributed by atoms with Gasteiger partial charge in [0.05, 0.1) is 17.2 Å². The Bertz CT molecular complexity index is 1340. The lowest BCUT2D eigenvalue weighted by molar-refractivity contribution is -0.124. The number of para-hydroxylation sites is 1. The number of amidine groups is 1. The molecule has 0 spiro atoms. The zero-order chi connectivity index (χ0) is 26.3. The van der Waals surface area contributed by atoms with Crippen LogP contribution in [0.5, 0.6) is 11.5 Å². The highest BCUT2D eigenvalue weighted by atomic mass is 35.5. The van der Waals surface area contributed by atoms with E-state index in [4.69, 9.17) is 26.1 Å². The van der Waals surface area contributed by atoms with Gasteiger partial charge in [-0.3, -0.25) is 9.69 Å². The normalized spacial score (nSPS) is 18.4. The Kier molecular flexibility index (Phi) is 8.72. The first kappa shape index (κ1) is 26.4. The van der Waals surface area contributed by atoms with Crippen molar-refractivity contribution in [2.24, 2.45) is 4.99 Å². The molecule has 2 aliphatic rings. The van der Waals surface area contributed by atoms with Crippen molar-refractivity contribution in [1.82, 2.24) is 4.90 Å². The zero-order valence-corrected chi connectivity index (χ0v) is 23.0. The summed E-state index contributed by atoms with van der Waals surface area (Å²) in [6, 6.07) is 23.4. The number of amides is 1. The van der Waals surface area contributed by atoms with Crippen LogP contribution in [0.2, 0.25) is 5.02 Å². The number of thioether (sulfide) groups is 1. The lowest BCUT2D eigenvalue weighted by Gasteiger charge is -2.30. The second kappa shape index (κ2) is 12.5. The SMILES string of the molecule is CCOc1cc(/C=C2\SC(=Nc3ccccc3)N(C3CCCCC3)C2=O)ccc1OCc1ccccc1Cl. The summed E-state index contributed by atoms with van der Waals surface area (Å²) in [5.74, 6) is 1.29. The number of benzene rings is 3. The number of carbonyl (C=O) groups excluding carboxylic acids is 1. The molecule has 0 aromatic heterocycles. The number of carbonyl (C=O) groups is 1. The second-order valence-electron chi connectivity index (χ2n) is 9.33. The van der Waals surface area contributed by atoms with Gasteiger partial charge in [0.15, 0.2) is 16.7 Å². The highest BCUT2D eigenvalue weighted by Crippen LogP contribution is 2.39. The van der Waals surface area contributed by atoms with Gasteiger partial charge in [-0.05, 0) is 73.5 Å². The number of aliphatic imine (C=N–C) groups is 1. The largest absolute Gasteiger partial charge is 0.490 e. The fourth-order valence-electron chi connectivity index (χ4n) is 4.76. The van der Waals surface area contributed by atoms with E-state index >= 15 is 0 Å². The Labute approximate surface area is 233 Å². The summed E-state index contributed by atoms with van der Waals surface area (Å²) in [6.07, 6.45) is 7.47. The van der Waals surface area contributed by atoms with E-state index in [1.54, 1.807) is 0 Å². The van der Waals surface area contributed by atoms with E-state index in [0.29, 0.717) is 34.6 Å². The number of hydrogen-bond acceptors (Lipinski definition) is 5. The van der Waals surface area contributed by atoms with E-state index in [0.717, 1.165) is 47.7 Å². The van der Waals surface area contributed by atoms with Gasteiger partial charge in [-0.25, -0.2) is 4.99 Å². The van der Waals surface area contributed by atoms with Crippen LogP contribution >= 0.6 is 23.4 Å². The lowest BCUT2D eigenvalue weighted by Crippen LogP contribution is -2.40. The first-order valence-electron chi connectivity index (χ1n) is 13.1. The molecular weight excluding hydrogens is 516 g/mol. The minimum Gasteiger partial charge on any atom is -0.490 e. The Morgan fingerprint density at radius 3 is 2.50 bits per heavy atom. The average molecular weight is 547 g/mol. The molecule has 5 rings (SSSR count). The predicted octanol–water partition coefficient (Wildman–Crippen LogP) is 8.25. The lowest BCUT2D eigenvalue weighted by atomic mass is 9.94. The molecule has 5 nitrogen and oxygen atoms in total. The third-order valence-electron chi connectivity index (χ3n) is 6.66. The minimum absolute atomic E-state index is 0.0218. The molecule has 196 valence electrons. The van der Waals surface area contributed by atoms with Crippen LogP contribution < -0.4 is 9.47 Å². The van der Waals surface area contributed by atoms with Crippen molar-refractivity contribution in [3.8, 4) is 11.5 Å². The summed E-state index contributed by atoms with van der Waals surface area (Å²) in [6.45, 7) is 2.78. The molecule has 1 saturated carbocycles. The fraction of sp³-hybridized carbons (Fsp3) is 0.290. The first-order valence-corrected chi connectivity index (χ1v) is 14.3. The molecule has 1 aliphatic carbocycles. The molecule has 1 aliphatic heterocycles. The highest BCUT2D eigenvalue weighted by Gasteiger charge is 2.38. The number of ether oxygens (including phenoxy) is 2. The fourth-order valence-corrected chi connectivity index (χ4v) is 6.01. The summed E-state index contributed by atoms with van der Waals surface area (Å²) in [7, 11) is 0. The van der Waals surface area contributed by atoms with Crippen LogP contribution in [-0.2, 0) is 11.4 Å². The number of rotatable bonds is 8. The molecule has 0 atom stereocenters. The third kappa shape index (κ3) is 6.25. The molecule has 3 aromatic rings. The molecule has 0 unspecified atom stereocenters. The van der Waals surface area contributed by atoms with E-state index in [9.17, 15) is 4.79 Å². The summed E-state index contributed by atoms with van der Waals surface area (Å²) in [5, 5.41) is 1.42. The second-order valence-corrected chi connectivity index (χ2v) is 10.7. The summed E-state index contributed by atoms with van der Waals surface area (Å²) < 4.78 is 11.9. The van der Waals surface area contributed by atoms with Crippen LogP contribution in [0.3, 0.4) is 0 Å². The highest BCUT2D eigenvalue weighted by molar-refractivity contribution is 8.18. The number of hydrogen-bond donors (Lipinski definition) is 0. The van der Waals surface area contributed by atoms with Gasteiger partial charge in [-0.15, -0.1) is 0 Å². The van der Waals surface area contributed by atoms with E-state index in [-0.39, 0.29) is 11.9 Å². The van der Waals surface area contributed by atoms with Gasteiger partial charge in [-0.2, -0.15) is 0 Å². The predicted molar refractivity (Wildman–Crippen MR) is 156 cm³/mol. The Morgan fingerprint density at radius 2 is 1.74 bits per heavy atom. The molecular formula is C31H31ClN2O3S. The van der Waals surface area contributed by atoms with Gasteiger partial charge in [-0.1, -0.05) is 73.3 Å². The van der Waals surface area contributed by atoms with Gasteiger partial charge < -0.3 is 9.47 Å². The van der Waals surface area contributed by atoms with Crippen LogP contribution in [0.15, 0.2) is 82.7 Å². The monoisotopic (exact) mass is 546 g/mol. The Balaban J connectivity index is 1.41. The van der Waals surface area contributed by atoms with Crippen LogP contribution in [0.25, 0.3) is 6.08 Å². The van der Waals surface area contributed by atoms with Crippen LogP contribution in [-0.4, -0.2) is 28.6 Å². The topological polar surface area (TPSA) is 51.1 Å². The molecule has 0 radical (unpaired) electrons. The van der Waals surface area contributed by atoms with Crippen molar-refractivity contribution in [1.29, 1.82) is 0 Å². The molecule has 0 bridgehead atoms. The molecule has 2 fully saturated rings. The molecule has 1 saturated heterocycles. The van der Waals surface area contributed by atoms with Crippen molar-refractivity contribution < 1.29 is 14.3 Å². The van der Waals surface area contributed by atoms with Crippen LogP contribution in [0.1, 0.15) is 50.2 Å². The van der Waals surface area contributed by atoms with Crippen molar-refractivity contribution in [2.45, 2.75) is 51.7 Å². The standard InChI is InChI=1S/C31H31ClN2O3S/c1-2-36-28-19-22(17-18-27(28)37-21-23-11-9-10-16-26(23)32)20-29-30(35)34(25-14-7-4-8-15-25)31(38-29)33-24-12-5-3-6-13-24/h3,5-6,9-13,16-20,25H,2,4,7-8,14-15,21H2,1H3/b29-20-,33-31?. The Hall–Kier alpha value is -3.22.